The number of rotatable bonds is 4. The zero-order valence-corrected chi connectivity index (χ0v) is 14.3. The Balaban J connectivity index is 1.62. The van der Waals surface area contributed by atoms with E-state index in [9.17, 15) is 9.18 Å². The summed E-state index contributed by atoms with van der Waals surface area (Å²) in [6.45, 7) is 2.06. The van der Waals surface area contributed by atoms with Crippen molar-refractivity contribution < 1.29 is 9.18 Å². The molecule has 1 heterocycles. The Kier molecular flexibility index (Phi) is 4.93. The molecule has 0 bridgehead atoms. The third kappa shape index (κ3) is 3.54. The van der Waals surface area contributed by atoms with Gasteiger partial charge in [-0.3, -0.25) is 4.79 Å². The Morgan fingerprint density at radius 2 is 2.13 bits per heavy atom. The minimum absolute atomic E-state index is 0.0711. The van der Waals surface area contributed by atoms with Crippen LogP contribution in [0.5, 0.6) is 0 Å². The van der Waals surface area contributed by atoms with Crippen molar-refractivity contribution in [1.29, 1.82) is 0 Å². The Morgan fingerprint density at radius 1 is 1.35 bits per heavy atom. The average Bonchev–Trinajstić information content (AvgIpc) is 2.85. The number of carbonyl (C=O) groups excluding carboxylic acids is 1. The third-order valence-electron chi connectivity index (χ3n) is 3.97. The molecule has 1 aliphatic rings. The van der Waals surface area contributed by atoms with Gasteiger partial charge in [-0.2, -0.15) is 0 Å². The number of benzene rings is 2. The molecule has 0 saturated heterocycles. The van der Waals surface area contributed by atoms with Crippen LogP contribution >= 0.6 is 23.4 Å². The number of nitrogens with zero attached hydrogens (tertiary/aromatic N) is 1. The summed E-state index contributed by atoms with van der Waals surface area (Å²) in [5.74, 6) is 0.540. The van der Waals surface area contributed by atoms with E-state index in [1.54, 1.807) is 12.1 Å². The molecule has 2 aromatic rings. The predicted molar refractivity (Wildman–Crippen MR) is 94.7 cm³/mol. The summed E-state index contributed by atoms with van der Waals surface area (Å²) in [5.41, 5.74) is 2.78. The minimum Gasteiger partial charge on any atom is -0.308 e. The molecule has 0 fully saturated rings. The van der Waals surface area contributed by atoms with E-state index >= 15 is 0 Å². The Bertz CT molecular complexity index is 737. The number of anilines is 1. The summed E-state index contributed by atoms with van der Waals surface area (Å²) in [6, 6.07) is 12.8. The summed E-state index contributed by atoms with van der Waals surface area (Å²) in [6.07, 6.45) is 0.887. The first-order valence-corrected chi connectivity index (χ1v) is 9.01. The fourth-order valence-electron chi connectivity index (χ4n) is 2.90. The monoisotopic (exact) mass is 349 g/mol. The van der Waals surface area contributed by atoms with Gasteiger partial charge in [0.15, 0.2) is 0 Å². The summed E-state index contributed by atoms with van der Waals surface area (Å²) < 4.78 is 13.7. The molecule has 5 heteroatoms. The molecule has 1 amide bonds. The van der Waals surface area contributed by atoms with Gasteiger partial charge in [0.25, 0.3) is 0 Å². The SMILES string of the molecule is C[C@H]1Cc2ccccc2N1C(=O)CSCc1ccc(Cl)cc1F. The molecule has 0 saturated carbocycles. The number of halogens is 2. The molecule has 23 heavy (non-hydrogen) atoms. The predicted octanol–water partition coefficient (Wildman–Crippen LogP) is 4.69. The first-order valence-electron chi connectivity index (χ1n) is 7.48. The lowest BCUT2D eigenvalue weighted by atomic mass is 10.1. The van der Waals surface area contributed by atoms with E-state index in [-0.39, 0.29) is 17.8 Å². The lowest BCUT2D eigenvalue weighted by Crippen LogP contribution is -2.37. The molecule has 2 nitrogen and oxygen atoms in total. The van der Waals surface area contributed by atoms with Gasteiger partial charge < -0.3 is 4.90 Å². The molecule has 0 N–H and O–H groups in total. The average molecular weight is 350 g/mol. The molecule has 0 spiro atoms. The summed E-state index contributed by atoms with van der Waals surface area (Å²) >= 11 is 7.17. The van der Waals surface area contributed by atoms with Crippen LogP contribution in [0.4, 0.5) is 10.1 Å². The number of thioether (sulfide) groups is 1. The maximum Gasteiger partial charge on any atom is 0.237 e. The molecule has 0 unspecified atom stereocenters. The van der Waals surface area contributed by atoms with Gasteiger partial charge in [0.2, 0.25) is 5.91 Å². The molecule has 3 rings (SSSR count). The van der Waals surface area contributed by atoms with Crippen LogP contribution in [0, 0.1) is 5.82 Å². The highest BCUT2D eigenvalue weighted by atomic mass is 35.5. The lowest BCUT2D eigenvalue weighted by molar-refractivity contribution is -0.116. The van der Waals surface area contributed by atoms with E-state index < -0.39 is 0 Å². The van der Waals surface area contributed by atoms with Crippen LogP contribution in [-0.4, -0.2) is 17.7 Å². The molecule has 0 aliphatic carbocycles. The van der Waals surface area contributed by atoms with Gasteiger partial charge in [-0.05, 0) is 42.7 Å². The van der Waals surface area contributed by atoms with E-state index in [0.29, 0.717) is 22.1 Å². The molecule has 0 aromatic heterocycles. The van der Waals surface area contributed by atoms with E-state index in [4.69, 9.17) is 11.6 Å². The van der Waals surface area contributed by atoms with Gasteiger partial charge in [-0.25, -0.2) is 4.39 Å². The van der Waals surface area contributed by atoms with Crippen molar-refractivity contribution in [1.82, 2.24) is 0 Å². The van der Waals surface area contributed by atoms with E-state index in [1.807, 2.05) is 23.1 Å². The van der Waals surface area contributed by atoms with E-state index in [2.05, 4.69) is 13.0 Å². The highest BCUT2D eigenvalue weighted by molar-refractivity contribution is 7.99. The van der Waals surface area contributed by atoms with Gasteiger partial charge in [-0.15, -0.1) is 11.8 Å². The van der Waals surface area contributed by atoms with Gasteiger partial charge in [-0.1, -0.05) is 35.9 Å². The molecule has 0 radical (unpaired) electrons. The second-order valence-corrected chi connectivity index (χ2v) is 7.10. The van der Waals surface area contributed by atoms with Gasteiger partial charge in [0.1, 0.15) is 5.82 Å². The zero-order chi connectivity index (χ0) is 16.4. The number of fused-ring (bicyclic) bond motifs is 1. The van der Waals surface area contributed by atoms with Crippen molar-refractivity contribution in [3.8, 4) is 0 Å². The fraction of sp³-hybridized carbons (Fsp3) is 0.278. The highest BCUT2D eigenvalue weighted by Crippen LogP contribution is 2.32. The van der Waals surface area contributed by atoms with Crippen LogP contribution in [0.2, 0.25) is 5.02 Å². The van der Waals surface area contributed by atoms with E-state index in [1.165, 1.54) is 23.4 Å². The van der Waals surface area contributed by atoms with Crippen molar-refractivity contribution in [2.45, 2.75) is 25.1 Å². The maximum atomic E-state index is 13.7. The topological polar surface area (TPSA) is 20.3 Å². The van der Waals surface area contributed by atoms with Gasteiger partial charge in [0, 0.05) is 22.5 Å². The van der Waals surface area contributed by atoms with Crippen LogP contribution < -0.4 is 4.90 Å². The molecule has 120 valence electrons. The second kappa shape index (κ2) is 6.93. The molecular weight excluding hydrogens is 333 g/mol. The summed E-state index contributed by atoms with van der Waals surface area (Å²) in [4.78, 5) is 14.4. The Morgan fingerprint density at radius 3 is 2.91 bits per heavy atom. The van der Waals surface area contributed by atoms with Gasteiger partial charge >= 0.3 is 0 Å². The summed E-state index contributed by atoms with van der Waals surface area (Å²) in [7, 11) is 0. The summed E-state index contributed by atoms with van der Waals surface area (Å²) in [5, 5.41) is 0.384. The smallest absolute Gasteiger partial charge is 0.237 e. The molecule has 2 aromatic carbocycles. The number of hydrogen-bond acceptors (Lipinski definition) is 2. The standard InChI is InChI=1S/C18H17ClFNOS/c1-12-8-13-4-2-3-5-17(13)21(12)18(22)11-23-10-14-6-7-15(19)9-16(14)20/h2-7,9,12H,8,10-11H2,1H3/t12-/m0/s1. The van der Waals surface area contributed by atoms with Crippen molar-refractivity contribution in [3.63, 3.8) is 0 Å². The Labute approximate surface area is 144 Å². The van der Waals surface area contributed by atoms with Crippen LogP contribution in [0.3, 0.4) is 0 Å². The minimum atomic E-state index is -0.322. The Hall–Kier alpha value is -1.52. The van der Waals surface area contributed by atoms with Crippen molar-refractivity contribution in [2.24, 2.45) is 0 Å². The first-order chi connectivity index (χ1) is 11.1. The second-order valence-electron chi connectivity index (χ2n) is 5.67. The first kappa shape index (κ1) is 16.3. The van der Waals surface area contributed by atoms with Crippen LogP contribution in [0.25, 0.3) is 0 Å². The van der Waals surface area contributed by atoms with Crippen molar-refractivity contribution in [3.05, 3.63) is 64.4 Å². The van der Waals surface area contributed by atoms with E-state index in [0.717, 1.165) is 12.1 Å². The van der Waals surface area contributed by atoms with Crippen LogP contribution in [-0.2, 0) is 17.0 Å². The highest BCUT2D eigenvalue weighted by Gasteiger charge is 2.30. The molecule has 1 atom stereocenters. The van der Waals surface area contributed by atoms with Crippen LogP contribution in [0.1, 0.15) is 18.1 Å². The maximum absolute atomic E-state index is 13.7. The fourth-order valence-corrected chi connectivity index (χ4v) is 3.93. The number of hydrogen-bond donors (Lipinski definition) is 0. The zero-order valence-electron chi connectivity index (χ0n) is 12.8. The number of amides is 1. The van der Waals surface area contributed by atoms with Crippen molar-refractivity contribution in [2.75, 3.05) is 10.7 Å². The van der Waals surface area contributed by atoms with Crippen LogP contribution in [0.15, 0.2) is 42.5 Å². The third-order valence-corrected chi connectivity index (χ3v) is 5.18. The van der Waals surface area contributed by atoms with Gasteiger partial charge in [0.05, 0.1) is 5.75 Å². The molecular formula is C18H17ClFNOS. The van der Waals surface area contributed by atoms with Crippen molar-refractivity contribution >= 4 is 35.0 Å². The number of para-hydroxylation sites is 1. The molecule has 1 aliphatic heterocycles. The quantitative estimate of drug-likeness (QED) is 0.798. The lowest BCUT2D eigenvalue weighted by Gasteiger charge is -2.22. The largest absolute Gasteiger partial charge is 0.308 e. The number of carbonyl (C=O) groups is 1. The normalized spacial score (nSPS) is 16.5.